The number of hydrogen-bond donors (Lipinski definition) is 9. The highest BCUT2D eigenvalue weighted by Crippen LogP contribution is 2.30. The van der Waals surface area contributed by atoms with Crippen LogP contribution in [0, 0.1) is 0 Å². The number of nitrogens with one attached hydrogen (secondary N) is 1. The minimum absolute atomic E-state index is 0.244. The molecular weight excluding hydrogens is 919 g/mol. The third-order valence-corrected chi connectivity index (χ3v) is 13.7. The van der Waals surface area contributed by atoms with Gasteiger partial charge in [-0.25, -0.2) is 0 Å². The summed E-state index contributed by atoms with van der Waals surface area (Å²) < 4.78 is 22.6. The van der Waals surface area contributed by atoms with E-state index in [1.807, 2.05) is 6.08 Å². The molecule has 0 aromatic heterocycles. The van der Waals surface area contributed by atoms with Crippen molar-refractivity contribution in [3.63, 3.8) is 0 Å². The molecule has 14 nitrogen and oxygen atoms in total. The number of amides is 1. The van der Waals surface area contributed by atoms with Crippen LogP contribution in [0.2, 0.25) is 0 Å². The Morgan fingerprint density at radius 2 is 0.958 bits per heavy atom. The van der Waals surface area contributed by atoms with E-state index in [1.165, 1.54) is 103 Å². The number of aliphatic hydroxyl groups is 8. The van der Waals surface area contributed by atoms with Crippen molar-refractivity contribution in [2.75, 3.05) is 19.8 Å². The molecule has 72 heavy (non-hydrogen) atoms. The number of aliphatic hydroxyl groups excluding tert-OH is 8. The van der Waals surface area contributed by atoms with Crippen LogP contribution in [0.1, 0.15) is 206 Å². The third kappa shape index (κ3) is 29.7. The Morgan fingerprint density at radius 1 is 0.514 bits per heavy atom. The zero-order valence-electron chi connectivity index (χ0n) is 44.7. The van der Waals surface area contributed by atoms with E-state index >= 15 is 0 Å². The number of allylic oxidation sites excluding steroid dienone is 9. The molecule has 0 spiro atoms. The van der Waals surface area contributed by atoms with Gasteiger partial charge in [-0.15, -0.1) is 0 Å². The Labute approximate surface area is 435 Å². The number of carbonyl (C=O) groups excluding carboxylic acids is 1. The summed E-state index contributed by atoms with van der Waals surface area (Å²) in [7, 11) is 0. The first kappa shape index (κ1) is 65.8. The molecule has 418 valence electrons. The largest absolute Gasteiger partial charge is 0.394 e. The van der Waals surface area contributed by atoms with Gasteiger partial charge in [0.25, 0.3) is 0 Å². The van der Waals surface area contributed by atoms with Crippen molar-refractivity contribution in [1.82, 2.24) is 5.32 Å². The van der Waals surface area contributed by atoms with Crippen molar-refractivity contribution >= 4 is 5.91 Å². The highest BCUT2D eigenvalue weighted by molar-refractivity contribution is 5.76. The van der Waals surface area contributed by atoms with Gasteiger partial charge in [0.05, 0.1) is 32.0 Å². The second kappa shape index (κ2) is 43.9. The lowest BCUT2D eigenvalue weighted by molar-refractivity contribution is -0.359. The van der Waals surface area contributed by atoms with E-state index in [0.717, 1.165) is 77.0 Å². The van der Waals surface area contributed by atoms with E-state index in [1.54, 1.807) is 6.08 Å². The zero-order valence-corrected chi connectivity index (χ0v) is 44.7. The van der Waals surface area contributed by atoms with Gasteiger partial charge in [0.2, 0.25) is 5.91 Å². The molecule has 0 saturated carbocycles. The van der Waals surface area contributed by atoms with Crippen LogP contribution >= 0.6 is 0 Å². The second-order valence-electron chi connectivity index (χ2n) is 20.0. The number of unbranched alkanes of at least 4 members (excludes halogenated alkanes) is 23. The summed E-state index contributed by atoms with van der Waals surface area (Å²) in [6.07, 6.45) is 38.9. The third-order valence-electron chi connectivity index (χ3n) is 13.7. The molecule has 2 heterocycles. The van der Waals surface area contributed by atoms with Crippen LogP contribution in [0.15, 0.2) is 60.8 Å². The average molecular weight is 1020 g/mol. The van der Waals surface area contributed by atoms with Crippen LogP contribution in [0.3, 0.4) is 0 Å². The number of hydrogen-bond acceptors (Lipinski definition) is 13. The van der Waals surface area contributed by atoms with Gasteiger partial charge in [-0.2, -0.15) is 0 Å². The lowest BCUT2D eigenvalue weighted by Crippen LogP contribution is -2.65. The first-order chi connectivity index (χ1) is 35.1. The van der Waals surface area contributed by atoms with Crippen molar-refractivity contribution < 1.29 is 64.6 Å². The molecular formula is C58H103NO13. The van der Waals surface area contributed by atoms with Crippen LogP contribution in [0.5, 0.6) is 0 Å². The summed E-state index contributed by atoms with van der Waals surface area (Å²) in [5, 5.41) is 86.5. The van der Waals surface area contributed by atoms with E-state index in [-0.39, 0.29) is 18.9 Å². The molecule has 9 N–H and O–H groups in total. The fraction of sp³-hybridized carbons (Fsp3) is 0.810. The lowest BCUT2D eigenvalue weighted by atomic mass is 9.97. The maximum Gasteiger partial charge on any atom is 0.220 e. The van der Waals surface area contributed by atoms with Gasteiger partial charge in [0.1, 0.15) is 48.8 Å². The summed E-state index contributed by atoms with van der Waals surface area (Å²) in [5.41, 5.74) is 0. The molecule has 2 aliphatic heterocycles. The van der Waals surface area contributed by atoms with Crippen LogP contribution < -0.4 is 5.32 Å². The van der Waals surface area contributed by atoms with E-state index < -0.39 is 86.8 Å². The summed E-state index contributed by atoms with van der Waals surface area (Å²) in [6.45, 7) is 2.61. The molecule has 0 aromatic carbocycles. The molecule has 12 atom stereocenters. The van der Waals surface area contributed by atoms with Crippen molar-refractivity contribution in [2.45, 2.75) is 280 Å². The predicted molar refractivity (Wildman–Crippen MR) is 286 cm³/mol. The Morgan fingerprint density at radius 3 is 1.47 bits per heavy atom. The molecule has 1 amide bonds. The van der Waals surface area contributed by atoms with Gasteiger partial charge in [-0.1, -0.05) is 203 Å². The molecule has 12 unspecified atom stereocenters. The highest BCUT2D eigenvalue weighted by atomic mass is 16.7. The molecule has 2 saturated heterocycles. The Hall–Kier alpha value is -2.31. The van der Waals surface area contributed by atoms with E-state index in [0.29, 0.717) is 6.42 Å². The van der Waals surface area contributed by atoms with Crippen LogP contribution in [0.4, 0.5) is 0 Å². The van der Waals surface area contributed by atoms with Crippen molar-refractivity contribution in [3.8, 4) is 0 Å². The molecule has 0 aromatic rings. The Balaban J connectivity index is 1.60. The summed E-state index contributed by atoms with van der Waals surface area (Å²) in [5.74, 6) is -0.244. The average Bonchev–Trinajstić information content (AvgIpc) is 3.38. The first-order valence-corrected chi connectivity index (χ1v) is 28.5. The Bertz CT molecular complexity index is 1440. The second-order valence-corrected chi connectivity index (χ2v) is 20.0. The normalized spacial score (nSPS) is 26.0. The maximum atomic E-state index is 13.2. The monoisotopic (exact) mass is 1020 g/mol. The van der Waals surface area contributed by atoms with Crippen LogP contribution in [-0.2, 0) is 23.7 Å². The lowest BCUT2D eigenvalue weighted by Gasteiger charge is -2.46. The van der Waals surface area contributed by atoms with Gasteiger partial charge in [-0.05, 0) is 57.8 Å². The van der Waals surface area contributed by atoms with Gasteiger partial charge >= 0.3 is 0 Å². The number of ether oxygens (including phenoxy) is 4. The van der Waals surface area contributed by atoms with E-state index in [9.17, 15) is 45.6 Å². The smallest absolute Gasteiger partial charge is 0.220 e. The SMILES string of the molecule is CC/C=C\C/C=C\C/C=C\C/C=C\CCCCCCCCCCCCCCCCCCCCC(=O)NC(COC1OC(CO)C(OC2OC(CO)C(O)C(O)C2O)C(O)C1O)C(O)/C=C/CCCCCCC. The number of carbonyl (C=O) groups is 1. The van der Waals surface area contributed by atoms with Gasteiger partial charge in [-0.3, -0.25) is 4.79 Å². The molecule has 0 radical (unpaired) electrons. The maximum absolute atomic E-state index is 13.2. The molecule has 14 heteroatoms. The summed E-state index contributed by atoms with van der Waals surface area (Å²) in [6, 6.07) is -0.912. The fourth-order valence-corrected chi connectivity index (χ4v) is 9.11. The quantitative estimate of drug-likeness (QED) is 0.0205. The minimum atomic E-state index is -1.79. The van der Waals surface area contributed by atoms with E-state index in [2.05, 4.69) is 67.8 Å². The topological polar surface area (TPSA) is 228 Å². The molecule has 0 aliphatic carbocycles. The van der Waals surface area contributed by atoms with Gasteiger partial charge in [0.15, 0.2) is 12.6 Å². The number of rotatable bonds is 44. The Kier molecular flexibility index (Phi) is 40.1. The van der Waals surface area contributed by atoms with Crippen molar-refractivity contribution in [2.24, 2.45) is 0 Å². The molecule has 0 bridgehead atoms. The fourth-order valence-electron chi connectivity index (χ4n) is 9.11. The van der Waals surface area contributed by atoms with E-state index in [4.69, 9.17) is 18.9 Å². The summed E-state index contributed by atoms with van der Waals surface area (Å²) in [4.78, 5) is 13.2. The van der Waals surface area contributed by atoms with Crippen molar-refractivity contribution in [1.29, 1.82) is 0 Å². The first-order valence-electron chi connectivity index (χ1n) is 28.5. The van der Waals surface area contributed by atoms with Crippen molar-refractivity contribution in [3.05, 3.63) is 60.8 Å². The minimum Gasteiger partial charge on any atom is -0.394 e. The highest BCUT2D eigenvalue weighted by Gasteiger charge is 2.51. The standard InChI is InChI=1S/C58H103NO13/c1-3-5-7-9-11-12-13-14-15-16-17-18-19-20-21-22-23-24-25-26-27-28-29-30-31-32-33-34-36-38-40-42-50(63)59-46(47(62)41-39-37-35-10-8-6-4-2)45-69-57-55(68)53(66)56(49(44-61)71-57)72-58-54(67)52(65)51(64)48(43-60)70-58/h5,7,11-12,14-15,17-18,39,41,46-49,51-58,60-62,64-68H,3-4,6,8-10,13,16,19-38,40,42-45H2,1-2H3,(H,59,63)/b7-5-,12-11-,15-14-,18-17-,41-39+. The van der Waals surface area contributed by atoms with Crippen LogP contribution in [0.25, 0.3) is 0 Å². The predicted octanol–water partition coefficient (Wildman–Crippen LogP) is 9.00. The molecule has 2 aliphatic rings. The van der Waals surface area contributed by atoms with Gasteiger partial charge in [0, 0.05) is 6.42 Å². The molecule has 2 rings (SSSR count). The summed E-state index contributed by atoms with van der Waals surface area (Å²) >= 11 is 0. The zero-order chi connectivity index (χ0) is 52.4. The molecule has 2 fully saturated rings. The van der Waals surface area contributed by atoms with Crippen LogP contribution in [-0.4, -0.2) is 140 Å². The van der Waals surface area contributed by atoms with Gasteiger partial charge < -0.3 is 65.1 Å².